The van der Waals surface area contributed by atoms with Crippen LogP contribution in [0.2, 0.25) is 0 Å². The van der Waals surface area contributed by atoms with Gasteiger partial charge in [-0.05, 0) is 52.4 Å². The maximum Gasteiger partial charge on any atom is 0.311 e. The summed E-state index contributed by atoms with van der Waals surface area (Å²) in [5.74, 6) is -2.82. The molecule has 204 valence electrons. The third-order valence-electron chi connectivity index (χ3n) is 7.42. The van der Waals surface area contributed by atoms with Gasteiger partial charge in [0.2, 0.25) is 11.9 Å². The molecule has 1 aromatic carbocycles. The van der Waals surface area contributed by atoms with E-state index in [-0.39, 0.29) is 24.0 Å². The van der Waals surface area contributed by atoms with Gasteiger partial charge in [-0.15, -0.1) is 0 Å². The van der Waals surface area contributed by atoms with E-state index in [0.29, 0.717) is 74.7 Å². The third kappa shape index (κ3) is 5.27. The molecule has 2 aliphatic rings. The van der Waals surface area contributed by atoms with Crippen molar-refractivity contribution < 1.29 is 27.4 Å². The minimum Gasteiger partial charge on any atom is -0.466 e. The van der Waals surface area contributed by atoms with Gasteiger partial charge in [-0.1, -0.05) is 0 Å². The predicted octanol–water partition coefficient (Wildman–Crippen LogP) is 5.26. The zero-order valence-electron chi connectivity index (χ0n) is 21.4. The first-order chi connectivity index (χ1) is 18.3. The molecule has 1 aliphatic heterocycles. The SMILES string of the molecule is CCOC(=O)[C@]1(C)CC[C@@H](n2c(Nc3c(F)cc(F)cc3F)nc3cnc(NC4CCOCC4)nc32)CC1. The summed E-state index contributed by atoms with van der Waals surface area (Å²) in [6, 6.07) is 1.22. The van der Waals surface area contributed by atoms with Crippen molar-refractivity contribution in [2.75, 3.05) is 30.5 Å². The van der Waals surface area contributed by atoms with Crippen LogP contribution in [0, 0.1) is 22.9 Å². The molecule has 3 heterocycles. The highest BCUT2D eigenvalue weighted by molar-refractivity contribution is 5.78. The molecule has 1 saturated carbocycles. The molecule has 0 atom stereocenters. The lowest BCUT2D eigenvalue weighted by atomic mass is 9.74. The number of hydrogen-bond donors (Lipinski definition) is 2. The number of benzene rings is 1. The Morgan fingerprint density at radius 2 is 1.82 bits per heavy atom. The van der Waals surface area contributed by atoms with Crippen LogP contribution in [-0.4, -0.2) is 51.4 Å². The lowest BCUT2D eigenvalue weighted by Crippen LogP contribution is -2.35. The molecule has 2 aromatic heterocycles. The van der Waals surface area contributed by atoms with Crippen LogP contribution < -0.4 is 10.6 Å². The molecule has 0 unspecified atom stereocenters. The molecule has 38 heavy (non-hydrogen) atoms. The van der Waals surface area contributed by atoms with Gasteiger partial charge in [0.25, 0.3) is 0 Å². The molecule has 2 fully saturated rings. The molecular weight excluding hydrogens is 501 g/mol. The zero-order chi connectivity index (χ0) is 26.9. The molecule has 5 rings (SSSR count). The first-order valence-corrected chi connectivity index (χ1v) is 13.0. The maximum atomic E-state index is 14.5. The fourth-order valence-electron chi connectivity index (χ4n) is 5.20. The molecule has 3 aromatic rings. The van der Waals surface area contributed by atoms with E-state index < -0.39 is 28.6 Å². The normalized spacial score (nSPS) is 22.4. The summed E-state index contributed by atoms with van der Waals surface area (Å²) in [5, 5.41) is 6.07. The highest BCUT2D eigenvalue weighted by Crippen LogP contribution is 2.44. The fourth-order valence-corrected chi connectivity index (χ4v) is 5.20. The van der Waals surface area contributed by atoms with E-state index in [1.54, 1.807) is 17.7 Å². The largest absolute Gasteiger partial charge is 0.466 e. The van der Waals surface area contributed by atoms with Crippen molar-refractivity contribution in [2.24, 2.45) is 5.41 Å². The van der Waals surface area contributed by atoms with Crippen molar-refractivity contribution in [3.63, 3.8) is 0 Å². The highest BCUT2D eigenvalue weighted by atomic mass is 19.1. The number of nitrogens with zero attached hydrogens (tertiary/aromatic N) is 4. The molecule has 1 saturated heterocycles. The van der Waals surface area contributed by atoms with E-state index in [1.807, 2.05) is 6.92 Å². The molecule has 0 amide bonds. The summed E-state index contributed by atoms with van der Waals surface area (Å²) in [4.78, 5) is 26.2. The lowest BCUT2D eigenvalue weighted by Gasteiger charge is -2.36. The molecule has 1 aliphatic carbocycles. The Morgan fingerprint density at radius 1 is 1.13 bits per heavy atom. The predicted molar refractivity (Wildman–Crippen MR) is 135 cm³/mol. The van der Waals surface area contributed by atoms with Gasteiger partial charge in [-0.3, -0.25) is 9.36 Å². The van der Waals surface area contributed by atoms with E-state index in [9.17, 15) is 18.0 Å². The van der Waals surface area contributed by atoms with Crippen molar-refractivity contribution in [3.05, 3.63) is 35.8 Å². The van der Waals surface area contributed by atoms with Crippen molar-refractivity contribution in [3.8, 4) is 0 Å². The summed E-state index contributed by atoms with van der Waals surface area (Å²) in [7, 11) is 0. The second-order valence-electron chi connectivity index (χ2n) is 10.1. The second kappa shape index (κ2) is 10.8. The van der Waals surface area contributed by atoms with Crippen LogP contribution in [0.5, 0.6) is 0 Å². The molecular formula is C26H31F3N6O3. The number of nitrogens with one attached hydrogen (secondary N) is 2. The zero-order valence-corrected chi connectivity index (χ0v) is 21.4. The number of hydrogen-bond acceptors (Lipinski definition) is 8. The van der Waals surface area contributed by atoms with Crippen molar-refractivity contribution in [1.29, 1.82) is 0 Å². The fraction of sp³-hybridized carbons (Fsp3) is 0.538. The van der Waals surface area contributed by atoms with Crippen LogP contribution in [0.1, 0.15) is 58.4 Å². The number of esters is 1. The van der Waals surface area contributed by atoms with Gasteiger partial charge in [0.1, 0.15) is 17.0 Å². The highest BCUT2D eigenvalue weighted by Gasteiger charge is 2.40. The van der Waals surface area contributed by atoms with Crippen molar-refractivity contribution in [2.45, 2.75) is 64.5 Å². The van der Waals surface area contributed by atoms with Crippen molar-refractivity contribution in [1.82, 2.24) is 19.5 Å². The summed E-state index contributed by atoms with van der Waals surface area (Å²) >= 11 is 0. The number of rotatable bonds is 7. The topological polar surface area (TPSA) is 103 Å². The number of ether oxygens (including phenoxy) is 2. The van der Waals surface area contributed by atoms with Crippen LogP contribution in [0.4, 0.5) is 30.8 Å². The third-order valence-corrected chi connectivity index (χ3v) is 7.42. The van der Waals surface area contributed by atoms with Gasteiger partial charge in [-0.25, -0.2) is 23.1 Å². The number of imidazole rings is 1. The number of carbonyl (C=O) groups is 1. The Balaban J connectivity index is 1.50. The Bertz CT molecular complexity index is 1300. The van der Waals surface area contributed by atoms with Crippen LogP contribution in [0.25, 0.3) is 11.2 Å². The average molecular weight is 533 g/mol. The van der Waals surface area contributed by atoms with Gasteiger partial charge in [0, 0.05) is 37.4 Å². The smallest absolute Gasteiger partial charge is 0.311 e. The van der Waals surface area contributed by atoms with Crippen LogP contribution in [-0.2, 0) is 14.3 Å². The van der Waals surface area contributed by atoms with E-state index in [0.717, 1.165) is 12.8 Å². The Morgan fingerprint density at radius 3 is 2.47 bits per heavy atom. The first-order valence-electron chi connectivity index (χ1n) is 13.0. The van der Waals surface area contributed by atoms with Crippen LogP contribution in [0.3, 0.4) is 0 Å². The number of halogens is 3. The average Bonchev–Trinajstić information content (AvgIpc) is 3.25. The van der Waals surface area contributed by atoms with E-state index in [1.165, 1.54) is 0 Å². The van der Waals surface area contributed by atoms with Gasteiger partial charge in [-0.2, -0.15) is 4.98 Å². The van der Waals surface area contributed by atoms with Crippen LogP contribution in [0.15, 0.2) is 18.3 Å². The quantitative estimate of drug-likeness (QED) is 0.397. The monoisotopic (exact) mass is 532 g/mol. The Hall–Kier alpha value is -3.41. The van der Waals surface area contributed by atoms with Crippen molar-refractivity contribution >= 4 is 34.7 Å². The summed E-state index contributed by atoms with van der Waals surface area (Å²) in [6.45, 7) is 5.30. The molecule has 2 N–H and O–H groups in total. The summed E-state index contributed by atoms with van der Waals surface area (Å²) < 4.78 is 55.1. The van der Waals surface area contributed by atoms with Gasteiger partial charge < -0.3 is 20.1 Å². The van der Waals surface area contributed by atoms with E-state index >= 15 is 0 Å². The van der Waals surface area contributed by atoms with E-state index in [4.69, 9.17) is 14.5 Å². The van der Waals surface area contributed by atoms with Gasteiger partial charge in [0.15, 0.2) is 17.3 Å². The first kappa shape index (κ1) is 26.2. The minimum absolute atomic E-state index is 0.159. The number of carbonyl (C=O) groups excluding carboxylic acids is 1. The maximum absolute atomic E-state index is 14.5. The Kier molecular flexibility index (Phi) is 7.42. The number of anilines is 3. The summed E-state index contributed by atoms with van der Waals surface area (Å²) in [6.07, 6.45) is 5.53. The van der Waals surface area contributed by atoms with Crippen LogP contribution >= 0.6 is 0 Å². The van der Waals surface area contributed by atoms with Gasteiger partial charge >= 0.3 is 5.97 Å². The molecule has 0 radical (unpaired) electrons. The lowest BCUT2D eigenvalue weighted by molar-refractivity contribution is -0.156. The number of fused-ring (bicyclic) bond motifs is 1. The molecule has 0 bridgehead atoms. The standard InChI is InChI=1S/C26H31F3N6O3/c1-3-38-23(36)26(2)8-4-17(5-9-26)35-22-20(14-30-24(34-22)31-16-6-10-37-11-7-16)32-25(35)33-21-18(28)12-15(27)13-19(21)29/h12-14,16-17H,3-11H2,1-2H3,(H,32,33)(H,30,31,34)/t17-,26-. The Labute approximate surface area is 218 Å². The molecule has 12 heteroatoms. The molecule has 0 spiro atoms. The minimum atomic E-state index is -1.08. The molecule has 9 nitrogen and oxygen atoms in total. The summed E-state index contributed by atoms with van der Waals surface area (Å²) in [5.41, 5.74) is -0.198. The van der Waals surface area contributed by atoms with Gasteiger partial charge in [0.05, 0.1) is 18.2 Å². The second-order valence-corrected chi connectivity index (χ2v) is 10.1. The number of aromatic nitrogens is 4. The van der Waals surface area contributed by atoms with E-state index in [2.05, 4.69) is 20.6 Å².